The van der Waals surface area contributed by atoms with Crippen LogP contribution in [0.3, 0.4) is 0 Å². The third-order valence-corrected chi connectivity index (χ3v) is 6.24. The number of halogens is 3. The fourth-order valence-electron chi connectivity index (χ4n) is 3.80. The lowest BCUT2D eigenvalue weighted by Gasteiger charge is -2.32. The van der Waals surface area contributed by atoms with Crippen LogP contribution >= 0.6 is 34.8 Å². The van der Waals surface area contributed by atoms with E-state index in [0.29, 0.717) is 43.5 Å². The number of imide groups is 1. The smallest absolute Gasteiger partial charge is 0.282 e. The van der Waals surface area contributed by atoms with E-state index >= 15 is 0 Å². The number of likely N-dealkylation sites (tertiary alicyclic amines) is 1. The average Bonchev–Trinajstić information content (AvgIpc) is 2.94. The van der Waals surface area contributed by atoms with Crippen molar-refractivity contribution >= 4 is 57.9 Å². The average molecular weight is 450 g/mol. The van der Waals surface area contributed by atoms with Gasteiger partial charge in [-0.1, -0.05) is 47.8 Å². The van der Waals surface area contributed by atoms with Crippen molar-refractivity contribution in [3.63, 3.8) is 0 Å². The van der Waals surface area contributed by atoms with Crippen LogP contribution < -0.4 is 4.90 Å². The monoisotopic (exact) mass is 448 g/mol. The molecule has 2 aromatic rings. The maximum absolute atomic E-state index is 13.5. The van der Waals surface area contributed by atoms with E-state index in [1.165, 1.54) is 4.90 Å². The maximum Gasteiger partial charge on any atom is 0.282 e. The van der Waals surface area contributed by atoms with E-state index in [2.05, 4.69) is 6.92 Å². The summed E-state index contributed by atoms with van der Waals surface area (Å²) < 4.78 is 0. The molecule has 2 aromatic carbocycles. The third kappa shape index (κ3) is 3.77. The SMILES string of the molecule is CC1CCN(C2=C(c3ccc(Cl)cc3Cl)C(=O)N(c3ccc(Cl)cc3)C2=O)CC1. The molecule has 2 aliphatic rings. The number of anilines is 1. The number of hydrogen-bond acceptors (Lipinski definition) is 3. The highest BCUT2D eigenvalue weighted by molar-refractivity contribution is 6.47. The second kappa shape index (κ2) is 8.02. The predicted molar refractivity (Wildman–Crippen MR) is 117 cm³/mol. The van der Waals surface area contributed by atoms with Gasteiger partial charge in [0, 0.05) is 28.7 Å². The first-order chi connectivity index (χ1) is 13.9. The van der Waals surface area contributed by atoms with Gasteiger partial charge in [0.2, 0.25) is 0 Å². The van der Waals surface area contributed by atoms with Gasteiger partial charge in [-0.2, -0.15) is 0 Å². The van der Waals surface area contributed by atoms with E-state index in [1.807, 2.05) is 4.90 Å². The van der Waals surface area contributed by atoms with Crippen LogP contribution in [-0.2, 0) is 9.59 Å². The molecular formula is C22H19Cl3N2O2. The van der Waals surface area contributed by atoms with Gasteiger partial charge < -0.3 is 4.90 Å². The van der Waals surface area contributed by atoms with Crippen molar-refractivity contribution in [1.29, 1.82) is 0 Å². The first kappa shape index (κ1) is 20.3. The van der Waals surface area contributed by atoms with Crippen molar-refractivity contribution in [3.8, 4) is 0 Å². The minimum absolute atomic E-state index is 0.321. The summed E-state index contributed by atoms with van der Waals surface area (Å²) in [5.41, 5.74) is 1.72. The van der Waals surface area contributed by atoms with E-state index in [4.69, 9.17) is 34.8 Å². The molecule has 2 heterocycles. The number of hydrogen-bond donors (Lipinski definition) is 0. The molecule has 7 heteroatoms. The zero-order valence-electron chi connectivity index (χ0n) is 15.8. The lowest BCUT2D eigenvalue weighted by atomic mass is 9.97. The molecule has 0 radical (unpaired) electrons. The summed E-state index contributed by atoms with van der Waals surface area (Å²) in [4.78, 5) is 30.1. The molecule has 29 heavy (non-hydrogen) atoms. The fraction of sp³-hybridized carbons (Fsp3) is 0.273. The summed E-state index contributed by atoms with van der Waals surface area (Å²) in [6.45, 7) is 3.64. The van der Waals surface area contributed by atoms with E-state index in [-0.39, 0.29) is 5.91 Å². The van der Waals surface area contributed by atoms with Crippen molar-refractivity contribution in [2.24, 2.45) is 5.92 Å². The largest absolute Gasteiger partial charge is 0.366 e. The van der Waals surface area contributed by atoms with Crippen LogP contribution in [0.15, 0.2) is 48.2 Å². The second-order valence-corrected chi connectivity index (χ2v) is 8.72. The number of carbonyl (C=O) groups is 2. The molecule has 0 atom stereocenters. The summed E-state index contributed by atoms with van der Waals surface area (Å²) in [5, 5.41) is 1.35. The second-order valence-electron chi connectivity index (χ2n) is 7.44. The highest BCUT2D eigenvalue weighted by Gasteiger charge is 2.43. The van der Waals surface area contributed by atoms with Crippen molar-refractivity contribution in [2.75, 3.05) is 18.0 Å². The fourth-order valence-corrected chi connectivity index (χ4v) is 4.43. The molecular weight excluding hydrogens is 431 g/mol. The van der Waals surface area contributed by atoms with Gasteiger partial charge in [-0.25, -0.2) is 4.90 Å². The number of nitrogens with zero attached hydrogens (tertiary/aromatic N) is 2. The standard InChI is InChI=1S/C22H19Cl3N2O2/c1-13-8-10-26(11-9-13)20-19(17-7-4-15(24)12-18(17)25)21(28)27(22(20)29)16-5-2-14(23)3-6-16/h2-7,12-13H,8-11H2,1H3. The van der Waals surface area contributed by atoms with Crippen molar-refractivity contribution in [1.82, 2.24) is 4.90 Å². The number of carbonyl (C=O) groups excluding carboxylic acids is 2. The van der Waals surface area contributed by atoms with Gasteiger partial charge in [-0.15, -0.1) is 0 Å². The Bertz CT molecular complexity index is 1010. The van der Waals surface area contributed by atoms with Crippen LogP contribution in [0.25, 0.3) is 5.57 Å². The molecule has 4 nitrogen and oxygen atoms in total. The van der Waals surface area contributed by atoms with E-state index in [1.54, 1.807) is 42.5 Å². The Morgan fingerprint density at radius 3 is 2.10 bits per heavy atom. The normalized spacial score (nSPS) is 18.2. The van der Waals surface area contributed by atoms with Gasteiger partial charge in [-0.3, -0.25) is 9.59 Å². The van der Waals surface area contributed by atoms with E-state index < -0.39 is 5.91 Å². The van der Waals surface area contributed by atoms with Gasteiger partial charge in [0.1, 0.15) is 5.70 Å². The topological polar surface area (TPSA) is 40.6 Å². The molecule has 0 spiro atoms. The Hall–Kier alpha value is -2.01. The molecule has 4 rings (SSSR count). The molecule has 1 fully saturated rings. The van der Waals surface area contributed by atoms with Crippen molar-refractivity contribution < 1.29 is 9.59 Å². The van der Waals surface area contributed by atoms with Gasteiger partial charge in [0.05, 0.1) is 16.3 Å². The molecule has 150 valence electrons. The molecule has 0 bridgehead atoms. The highest BCUT2D eigenvalue weighted by Crippen LogP contribution is 2.39. The van der Waals surface area contributed by atoms with Crippen LogP contribution in [0.2, 0.25) is 15.1 Å². The van der Waals surface area contributed by atoms with Crippen LogP contribution in [0.1, 0.15) is 25.3 Å². The minimum Gasteiger partial charge on any atom is -0.366 e. The van der Waals surface area contributed by atoms with E-state index in [0.717, 1.165) is 25.9 Å². The van der Waals surface area contributed by atoms with Crippen LogP contribution in [0, 0.1) is 5.92 Å². The summed E-state index contributed by atoms with van der Waals surface area (Å²) >= 11 is 18.4. The van der Waals surface area contributed by atoms with Crippen LogP contribution in [-0.4, -0.2) is 29.8 Å². The first-order valence-electron chi connectivity index (χ1n) is 9.46. The maximum atomic E-state index is 13.5. The number of rotatable bonds is 3. The third-order valence-electron chi connectivity index (χ3n) is 5.44. The Labute approximate surface area is 184 Å². The summed E-state index contributed by atoms with van der Waals surface area (Å²) in [7, 11) is 0. The molecule has 2 aliphatic heterocycles. The Kier molecular flexibility index (Phi) is 5.60. The Balaban J connectivity index is 1.83. The summed E-state index contributed by atoms with van der Waals surface area (Å²) in [6, 6.07) is 11.6. The number of benzene rings is 2. The van der Waals surface area contributed by atoms with Gasteiger partial charge in [-0.05, 0) is 55.2 Å². The summed E-state index contributed by atoms with van der Waals surface area (Å²) in [5.74, 6) is -0.142. The lowest BCUT2D eigenvalue weighted by molar-refractivity contribution is -0.120. The van der Waals surface area contributed by atoms with Crippen LogP contribution in [0.4, 0.5) is 5.69 Å². The summed E-state index contributed by atoms with van der Waals surface area (Å²) in [6.07, 6.45) is 1.93. The molecule has 0 aromatic heterocycles. The van der Waals surface area contributed by atoms with Gasteiger partial charge in [0.15, 0.2) is 0 Å². The number of piperidine rings is 1. The van der Waals surface area contributed by atoms with Gasteiger partial charge in [0.25, 0.3) is 11.8 Å². The van der Waals surface area contributed by atoms with Crippen molar-refractivity contribution in [2.45, 2.75) is 19.8 Å². The molecule has 0 saturated carbocycles. The molecule has 0 aliphatic carbocycles. The number of amides is 2. The van der Waals surface area contributed by atoms with E-state index in [9.17, 15) is 9.59 Å². The molecule has 0 unspecified atom stereocenters. The zero-order chi connectivity index (χ0) is 20.7. The lowest BCUT2D eigenvalue weighted by Crippen LogP contribution is -2.38. The minimum atomic E-state index is -0.393. The first-order valence-corrected chi connectivity index (χ1v) is 10.6. The Morgan fingerprint density at radius 1 is 0.862 bits per heavy atom. The Morgan fingerprint density at radius 2 is 1.48 bits per heavy atom. The van der Waals surface area contributed by atoms with Gasteiger partial charge >= 0.3 is 0 Å². The molecule has 1 saturated heterocycles. The zero-order valence-corrected chi connectivity index (χ0v) is 18.1. The molecule has 0 N–H and O–H groups in total. The van der Waals surface area contributed by atoms with Crippen LogP contribution in [0.5, 0.6) is 0 Å². The quantitative estimate of drug-likeness (QED) is 0.567. The van der Waals surface area contributed by atoms with Crippen molar-refractivity contribution in [3.05, 3.63) is 68.8 Å². The molecule has 2 amide bonds. The predicted octanol–water partition coefficient (Wildman–Crippen LogP) is 5.66. The highest BCUT2D eigenvalue weighted by atomic mass is 35.5.